The second-order valence-corrected chi connectivity index (χ2v) is 5.23. The van der Waals surface area contributed by atoms with Gasteiger partial charge < -0.3 is 15.2 Å². The van der Waals surface area contributed by atoms with Crippen molar-refractivity contribution < 1.29 is 14.6 Å². The van der Waals surface area contributed by atoms with Crippen LogP contribution >= 0.6 is 11.6 Å². The van der Waals surface area contributed by atoms with Gasteiger partial charge in [-0.1, -0.05) is 11.6 Å². The van der Waals surface area contributed by atoms with Gasteiger partial charge in [0.05, 0.1) is 19.1 Å². The van der Waals surface area contributed by atoms with Crippen molar-refractivity contribution >= 4 is 17.5 Å². The average Bonchev–Trinajstić information content (AvgIpc) is 3.14. The molecule has 104 valence electrons. The van der Waals surface area contributed by atoms with E-state index in [-0.39, 0.29) is 5.91 Å². The second kappa shape index (κ2) is 6.26. The summed E-state index contributed by atoms with van der Waals surface area (Å²) in [6, 6.07) is 5.46. The topological polar surface area (TPSA) is 58.6 Å². The van der Waals surface area contributed by atoms with Crippen molar-refractivity contribution in [2.45, 2.75) is 38.3 Å². The van der Waals surface area contributed by atoms with Crippen molar-refractivity contribution in [1.82, 2.24) is 5.32 Å². The molecule has 1 saturated carbocycles. The van der Waals surface area contributed by atoms with Crippen LogP contribution in [0.1, 0.15) is 37.9 Å². The Labute approximate surface area is 117 Å². The zero-order valence-electron chi connectivity index (χ0n) is 10.9. The highest BCUT2D eigenvalue weighted by atomic mass is 35.5. The molecule has 1 aliphatic carbocycles. The highest BCUT2D eigenvalue weighted by Crippen LogP contribution is 2.28. The lowest BCUT2D eigenvalue weighted by atomic mass is 10.1. The molecule has 4 nitrogen and oxygen atoms in total. The maximum absolute atomic E-state index is 11.5. The summed E-state index contributed by atoms with van der Waals surface area (Å²) in [5, 5.41) is 13.1. The summed E-state index contributed by atoms with van der Waals surface area (Å²) in [4.78, 5) is 11.5. The first-order valence-electron chi connectivity index (χ1n) is 6.46. The highest BCUT2D eigenvalue weighted by molar-refractivity contribution is 6.30. The molecule has 1 aromatic rings. The first-order chi connectivity index (χ1) is 9.06. The minimum Gasteiger partial charge on any atom is -0.493 e. The SMILES string of the molecule is CC(O)c1cc(Cl)ccc1OCCC(=O)NC1CC1. The molecule has 0 bridgehead atoms. The Hall–Kier alpha value is -1.26. The van der Waals surface area contributed by atoms with Gasteiger partial charge in [0, 0.05) is 16.6 Å². The lowest BCUT2D eigenvalue weighted by Gasteiger charge is -2.13. The molecule has 0 heterocycles. The van der Waals surface area contributed by atoms with Crippen molar-refractivity contribution in [2.24, 2.45) is 0 Å². The van der Waals surface area contributed by atoms with Gasteiger partial charge in [0.25, 0.3) is 0 Å². The minimum atomic E-state index is -0.658. The predicted octanol–water partition coefficient (Wildman–Crippen LogP) is 2.44. The van der Waals surface area contributed by atoms with Gasteiger partial charge >= 0.3 is 0 Å². The fraction of sp³-hybridized carbons (Fsp3) is 0.500. The van der Waals surface area contributed by atoms with Crippen LogP contribution in [0.15, 0.2) is 18.2 Å². The van der Waals surface area contributed by atoms with Gasteiger partial charge in [-0.15, -0.1) is 0 Å². The third-order valence-corrected chi connectivity index (χ3v) is 3.19. The number of hydrogen-bond acceptors (Lipinski definition) is 3. The van der Waals surface area contributed by atoms with Crippen LogP contribution in [0.3, 0.4) is 0 Å². The van der Waals surface area contributed by atoms with E-state index in [2.05, 4.69) is 5.32 Å². The number of amides is 1. The monoisotopic (exact) mass is 283 g/mol. The van der Waals surface area contributed by atoms with Crippen LogP contribution in [0.5, 0.6) is 5.75 Å². The van der Waals surface area contributed by atoms with E-state index in [1.165, 1.54) is 0 Å². The maximum atomic E-state index is 11.5. The van der Waals surface area contributed by atoms with E-state index in [0.717, 1.165) is 12.8 Å². The summed E-state index contributed by atoms with van der Waals surface area (Å²) in [5.74, 6) is 0.577. The van der Waals surface area contributed by atoms with E-state index >= 15 is 0 Å². The summed E-state index contributed by atoms with van der Waals surface area (Å²) >= 11 is 5.88. The number of ether oxygens (including phenoxy) is 1. The van der Waals surface area contributed by atoms with Gasteiger partial charge in [-0.3, -0.25) is 4.79 Å². The zero-order valence-corrected chi connectivity index (χ0v) is 11.6. The van der Waals surface area contributed by atoms with Gasteiger partial charge in [-0.25, -0.2) is 0 Å². The molecule has 1 amide bonds. The summed E-state index contributed by atoms with van der Waals surface area (Å²) in [6.45, 7) is 1.94. The van der Waals surface area contributed by atoms with Gasteiger partial charge in [-0.05, 0) is 38.0 Å². The lowest BCUT2D eigenvalue weighted by Crippen LogP contribution is -2.26. The van der Waals surface area contributed by atoms with Crippen molar-refractivity contribution in [3.63, 3.8) is 0 Å². The number of nitrogens with one attached hydrogen (secondary N) is 1. The fourth-order valence-electron chi connectivity index (χ4n) is 1.76. The molecule has 0 spiro atoms. The predicted molar refractivity (Wildman–Crippen MR) is 73.4 cm³/mol. The number of rotatable bonds is 6. The van der Waals surface area contributed by atoms with Crippen LogP contribution in [-0.2, 0) is 4.79 Å². The number of halogens is 1. The molecule has 2 rings (SSSR count). The van der Waals surface area contributed by atoms with Crippen LogP contribution < -0.4 is 10.1 Å². The van der Waals surface area contributed by atoms with E-state index < -0.39 is 6.10 Å². The summed E-state index contributed by atoms with van der Waals surface area (Å²) in [7, 11) is 0. The zero-order chi connectivity index (χ0) is 13.8. The largest absolute Gasteiger partial charge is 0.493 e. The Balaban J connectivity index is 1.86. The molecule has 5 heteroatoms. The van der Waals surface area contributed by atoms with E-state index in [9.17, 15) is 9.90 Å². The Morgan fingerprint density at radius 1 is 1.58 bits per heavy atom. The maximum Gasteiger partial charge on any atom is 0.223 e. The van der Waals surface area contributed by atoms with Crippen LogP contribution in [0.4, 0.5) is 0 Å². The molecule has 1 aliphatic rings. The van der Waals surface area contributed by atoms with E-state index in [1.807, 2.05) is 0 Å². The molecule has 0 aliphatic heterocycles. The standard InChI is InChI=1S/C14H18ClNO3/c1-9(17)12-8-10(15)2-5-13(12)19-7-6-14(18)16-11-3-4-11/h2,5,8-9,11,17H,3-4,6-7H2,1H3,(H,16,18). The van der Waals surface area contributed by atoms with Crippen LogP contribution in [0.25, 0.3) is 0 Å². The first-order valence-corrected chi connectivity index (χ1v) is 6.83. The van der Waals surface area contributed by atoms with Gasteiger partial charge in [-0.2, -0.15) is 0 Å². The molecule has 1 fully saturated rings. The lowest BCUT2D eigenvalue weighted by molar-refractivity contribution is -0.121. The van der Waals surface area contributed by atoms with E-state index in [0.29, 0.717) is 35.4 Å². The number of aliphatic hydroxyl groups is 1. The average molecular weight is 284 g/mol. The minimum absolute atomic E-state index is 0.00932. The normalized spacial score (nSPS) is 15.9. The molecule has 0 radical (unpaired) electrons. The molecule has 2 N–H and O–H groups in total. The van der Waals surface area contributed by atoms with E-state index in [1.54, 1.807) is 25.1 Å². The van der Waals surface area contributed by atoms with Crippen molar-refractivity contribution in [2.75, 3.05) is 6.61 Å². The number of carbonyl (C=O) groups is 1. The molecule has 1 aromatic carbocycles. The highest BCUT2D eigenvalue weighted by Gasteiger charge is 2.22. The second-order valence-electron chi connectivity index (χ2n) is 4.80. The van der Waals surface area contributed by atoms with E-state index in [4.69, 9.17) is 16.3 Å². The van der Waals surface area contributed by atoms with Crippen LogP contribution in [-0.4, -0.2) is 23.7 Å². The van der Waals surface area contributed by atoms with Crippen molar-refractivity contribution in [1.29, 1.82) is 0 Å². The molecule has 0 saturated heterocycles. The molecule has 1 atom stereocenters. The number of hydrogen-bond donors (Lipinski definition) is 2. The smallest absolute Gasteiger partial charge is 0.223 e. The molecular weight excluding hydrogens is 266 g/mol. The number of aliphatic hydroxyl groups excluding tert-OH is 1. The van der Waals surface area contributed by atoms with Gasteiger partial charge in [0.15, 0.2) is 0 Å². The van der Waals surface area contributed by atoms with Crippen molar-refractivity contribution in [3.8, 4) is 5.75 Å². The van der Waals surface area contributed by atoms with Crippen LogP contribution in [0.2, 0.25) is 5.02 Å². The Morgan fingerprint density at radius 2 is 2.32 bits per heavy atom. The van der Waals surface area contributed by atoms with Gasteiger partial charge in [0.2, 0.25) is 5.91 Å². The Morgan fingerprint density at radius 3 is 2.95 bits per heavy atom. The van der Waals surface area contributed by atoms with Gasteiger partial charge in [0.1, 0.15) is 5.75 Å². The molecule has 19 heavy (non-hydrogen) atoms. The quantitative estimate of drug-likeness (QED) is 0.843. The summed E-state index contributed by atoms with van der Waals surface area (Å²) in [5.41, 5.74) is 0.634. The van der Waals surface area contributed by atoms with Crippen molar-refractivity contribution in [3.05, 3.63) is 28.8 Å². The summed E-state index contributed by atoms with van der Waals surface area (Å²) < 4.78 is 5.55. The Kier molecular flexibility index (Phi) is 4.66. The third-order valence-electron chi connectivity index (χ3n) is 2.95. The fourth-order valence-corrected chi connectivity index (χ4v) is 1.94. The molecule has 1 unspecified atom stereocenters. The molecule has 0 aromatic heterocycles. The first kappa shape index (κ1) is 14.2. The Bertz CT molecular complexity index is 458. The summed E-state index contributed by atoms with van der Waals surface area (Å²) in [6.07, 6.45) is 1.82. The molecular formula is C14H18ClNO3. The number of carbonyl (C=O) groups excluding carboxylic acids is 1. The third kappa shape index (κ3) is 4.40. The van der Waals surface area contributed by atoms with Crippen LogP contribution in [0, 0.1) is 0 Å². The number of benzene rings is 1.